The van der Waals surface area contributed by atoms with Gasteiger partial charge in [0.05, 0.1) is 27.4 Å². The molecule has 1 aromatic heterocycles. The van der Waals surface area contributed by atoms with Crippen molar-refractivity contribution in [1.29, 1.82) is 0 Å². The number of thiophene rings is 1. The summed E-state index contributed by atoms with van der Waals surface area (Å²) < 4.78 is 16.1. The molecule has 158 valence electrons. The normalized spacial score (nSPS) is 16.0. The average Bonchev–Trinajstić information content (AvgIpc) is 3.15. The minimum Gasteiger partial charge on any atom is -0.493 e. The minimum absolute atomic E-state index is 0.152. The lowest BCUT2D eigenvalue weighted by molar-refractivity contribution is 0.0933. The van der Waals surface area contributed by atoms with Gasteiger partial charge in [-0.05, 0) is 49.5 Å². The van der Waals surface area contributed by atoms with Gasteiger partial charge in [-0.15, -0.1) is 11.3 Å². The first-order valence-electron chi connectivity index (χ1n) is 10.0. The van der Waals surface area contributed by atoms with E-state index in [0.717, 1.165) is 13.1 Å². The van der Waals surface area contributed by atoms with Crippen molar-refractivity contribution in [2.24, 2.45) is 0 Å². The fourth-order valence-electron chi connectivity index (χ4n) is 3.80. The van der Waals surface area contributed by atoms with E-state index in [1.807, 2.05) is 0 Å². The summed E-state index contributed by atoms with van der Waals surface area (Å²) in [6.07, 6.45) is 4.99. The van der Waals surface area contributed by atoms with Crippen LogP contribution in [0.5, 0.6) is 17.2 Å². The van der Waals surface area contributed by atoms with E-state index in [1.165, 1.54) is 30.6 Å². The van der Waals surface area contributed by atoms with Crippen LogP contribution in [0, 0.1) is 0 Å². The molecule has 1 aromatic carbocycles. The fourth-order valence-corrected chi connectivity index (χ4v) is 4.66. The van der Waals surface area contributed by atoms with Crippen molar-refractivity contribution in [2.45, 2.75) is 31.7 Å². The van der Waals surface area contributed by atoms with Crippen LogP contribution in [-0.2, 0) is 0 Å². The number of carbonyl (C=O) groups excluding carboxylic acids is 1. The highest BCUT2D eigenvalue weighted by Gasteiger charge is 2.24. The summed E-state index contributed by atoms with van der Waals surface area (Å²) in [4.78, 5) is 16.7. The number of methoxy groups -OCH3 is 3. The minimum atomic E-state index is -0.152. The molecular weight excluding hydrogens is 388 g/mol. The molecule has 1 aliphatic heterocycles. The van der Waals surface area contributed by atoms with Crippen molar-refractivity contribution in [3.05, 3.63) is 40.1 Å². The summed E-state index contributed by atoms with van der Waals surface area (Å²) in [5, 5.41) is 5.22. The Labute approximate surface area is 176 Å². The van der Waals surface area contributed by atoms with Gasteiger partial charge in [0.15, 0.2) is 11.5 Å². The topological polar surface area (TPSA) is 60.0 Å². The van der Waals surface area contributed by atoms with Crippen LogP contribution >= 0.6 is 11.3 Å². The Bertz CT molecular complexity index is 761. The molecule has 0 bridgehead atoms. The zero-order valence-electron chi connectivity index (χ0n) is 17.4. The maximum atomic E-state index is 12.9. The number of amides is 1. The van der Waals surface area contributed by atoms with Gasteiger partial charge in [0.1, 0.15) is 0 Å². The molecule has 0 aliphatic carbocycles. The molecule has 1 N–H and O–H groups in total. The molecule has 29 heavy (non-hydrogen) atoms. The van der Waals surface area contributed by atoms with E-state index in [1.54, 1.807) is 44.8 Å². The van der Waals surface area contributed by atoms with Crippen LogP contribution in [0.1, 0.15) is 47.0 Å². The molecule has 1 atom stereocenters. The number of benzene rings is 1. The van der Waals surface area contributed by atoms with Gasteiger partial charge in [-0.3, -0.25) is 9.69 Å². The van der Waals surface area contributed by atoms with Crippen molar-refractivity contribution in [3.8, 4) is 17.2 Å². The second kappa shape index (κ2) is 10.5. The molecule has 7 heteroatoms. The zero-order chi connectivity index (χ0) is 20.6. The smallest absolute Gasteiger partial charge is 0.251 e. The molecule has 1 aliphatic rings. The Balaban J connectivity index is 1.76. The first kappa shape index (κ1) is 21.5. The maximum absolute atomic E-state index is 12.9. The highest BCUT2D eigenvalue weighted by atomic mass is 32.1. The third-order valence-corrected chi connectivity index (χ3v) is 6.31. The lowest BCUT2D eigenvalue weighted by atomic mass is 10.1. The second-order valence-electron chi connectivity index (χ2n) is 7.11. The van der Waals surface area contributed by atoms with E-state index in [4.69, 9.17) is 14.2 Å². The van der Waals surface area contributed by atoms with E-state index in [2.05, 4.69) is 27.7 Å². The lowest BCUT2D eigenvalue weighted by Gasteiger charge is -2.30. The number of nitrogens with one attached hydrogen (secondary N) is 1. The quantitative estimate of drug-likeness (QED) is 0.699. The number of hydrogen-bond acceptors (Lipinski definition) is 6. The molecule has 2 aromatic rings. The predicted octanol–water partition coefficient (Wildman–Crippen LogP) is 4.12. The van der Waals surface area contributed by atoms with Crippen LogP contribution in [0.3, 0.4) is 0 Å². The van der Waals surface area contributed by atoms with Crippen LogP contribution in [0.2, 0.25) is 0 Å². The fraction of sp³-hybridized carbons (Fsp3) is 0.500. The Hall–Kier alpha value is -2.25. The largest absolute Gasteiger partial charge is 0.493 e. The van der Waals surface area contributed by atoms with Gasteiger partial charge >= 0.3 is 0 Å². The summed E-state index contributed by atoms with van der Waals surface area (Å²) in [5.74, 6) is 1.27. The summed E-state index contributed by atoms with van der Waals surface area (Å²) in [5.41, 5.74) is 0.486. The molecular formula is C22H30N2O4S. The summed E-state index contributed by atoms with van der Waals surface area (Å²) in [6.45, 7) is 2.71. The van der Waals surface area contributed by atoms with Gasteiger partial charge in [0, 0.05) is 17.0 Å². The monoisotopic (exact) mass is 418 g/mol. The van der Waals surface area contributed by atoms with Crippen molar-refractivity contribution >= 4 is 17.2 Å². The van der Waals surface area contributed by atoms with Gasteiger partial charge in [-0.25, -0.2) is 0 Å². The van der Waals surface area contributed by atoms with E-state index < -0.39 is 0 Å². The first-order valence-corrected chi connectivity index (χ1v) is 10.9. The molecule has 1 saturated heterocycles. The second-order valence-corrected chi connectivity index (χ2v) is 8.08. The highest BCUT2D eigenvalue weighted by Crippen LogP contribution is 2.38. The predicted molar refractivity (Wildman–Crippen MR) is 116 cm³/mol. The average molecular weight is 419 g/mol. The molecule has 0 radical (unpaired) electrons. The van der Waals surface area contributed by atoms with Crippen LogP contribution < -0.4 is 19.5 Å². The van der Waals surface area contributed by atoms with E-state index in [9.17, 15) is 4.79 Å². The third kappa shape index (κ3) is 5.22. The van der Waals surface area contributed by atoms with Crippen LogP contribution in [0.15, 0.2) is 29.6 Å². The van der Waals surface area contributed by atoms with E-state index >= 15 is 0 Å². The number of carbonyl (C=O) groups is 1. The number of likely N-dealkylation sites (tertiary alicyclic amines) is 1. The van der Waals surface area contributed by atoms with Crippen molar-refractivity contribution in [3.63, 3.8) is 0 Å². The van der Waals surface area contributed by atoms with Gasteiger partial charge in [0.25, 0.3) is 5.91 Å². The first-order chi connectivity index (χ1) is 14.2. The third-order valence-electron chi connectivity index (χ3n) is 5.34. The Morgan fingerprint density at radius 3 is 2.24 bits per heavy atom. The van der Waals surface area contributed by atoms with Gasteiger partial charge < -0.3 is 19.5 Å². The zero-order valence-corrected chi connectivity index (χ0v) is 18.2. The van der Waals surface area contributed by atoms with E-state index in [0.29, 0.717) is 29.4 Å². The molecule has 0 saturated carbocycles. The van der Waals surface area contributed by atoms with Gasteiger partial charge in [-0.2, -0.15) is 0 Å². The Morgan fingerprint density at radius 2 is 1.72 bits per heavy atom. The highest BCUT2D eigenvalue weighted by molar-refractivity contribution is 7.10. The van der Waals surface area contributed by atoms with Crippen molar-refractivity contribution in [2.75, 3.05) is 41.0 Å². The van der Waals surface area contributed by atoms with Crippen LogP contribution in [0.25, 0.3) is 0 Å². The molecule has 2 heterocycles. The molecule has 1 fully saturated rings. The summed E-state index contributed by atoms with van der Waals surface area (Å²) >= 11 is 1.75. The summed E-state index contributed by atoms with van der Waals surface area (Å²) in [6, 6.07) is 7.79. The Morgan fingerprint density at radius 1 is 1.07 bits per heavy atom. The van der Waals surface area contributed by atoms with Crippen molar-refractivity contribution < 1.29 is 19.0 Å². The van der Waals surface area contributed by atoms with Crippen LogP contribution in [-0.4, -0.2) is 51.8 Å². The SMILES string of the molecule is COc1cc(C(=O)NC[C@H](c2cccs2)N2CCCCCC2)cc(OC)c1OC. The van der Waals surface area contributed by atoms with Crippen LogP contribution in [0.4, 0.5) is 0 Å². The number of nitrogens with zero attached hydrogens (tertiary/aromatic N) is 1. The number of ether oxygens (including phenoxy) is 3. The molecule has 6 nitrogen and oxygen atoms in total. The standard InChI is InChI=1S/C22H30N2O4S/c1-26-18-13-16(14-19(27-2)21(18)28-3)22(25)23-15-17(20-9-8-12-29-20)24-10-6-4-5-7-11-24/h8-9,12-14,17H,4-7,10-11,15H2,1-3H3,(H,23,25)/t17-/m1/s1. The Kier molecular flexibility index (Phi) is 7.77. The molecule has 0 spiro atoms. The number of hydrogen-bond donors (Lipinski definition) is 1. The molecule has 0 unspecified atom stereocenters. The van der Waals surface area contributed by atoms with Gasteiger partial charge in [-0.1, -0.05) is 18.9 Å². The summed E-state index contributed by atoms with van der Waals surface area (Å²) in [7, 11) is 4.64. The van der Waals surface area contributed by atoms with Gasteiger partial charge in [0.2, 0.25) is 5.75 Å². The maximum Gasteiger partial charge on any atom is 0.251 e. The molecule has 1 amide bonds. The van der Waals surface area contributed by atoms with Crippen molar-refractivity contribution in [1.82, 2.24) is 10.2 Å². The van der Waals surface area contributed by atoms with E-state index in [-0.39, 0.29) is 11.9 Å². The number of rotatable bonds is 8. The molecule has 3 rings (SSSR count). The lowest BCUT2D eigenvalue weighted by Crippen LogP contribution is -2.38.